The van der Waals surface area contributed by atoms with Crippen LogP contribution in [0.1, 0.15) is 34.6 Å². The lowest BCUT2D eigenvalue weighted by atomic mass is 9.96. The second kappa shape index (κ2) is 7.10. The molecule has 0 radical (unpaired) electrons. The average Bonchev–Trinajstić information content (AvgIpc) is 3.11. The SMILES string of the molecule is CC(=O)NC(c1ccccc1)c1ccc(-c2nc(C(=O)O)co2)cc1O. The fourth-order valence-corrected chi connectivity index (χ4v) is 2.61. The van der Waals surface area contributed by atoms with Crippen LogP contribution in [0.25, 0.3) is 11.5 Å². The van der Waals surface area contributed by atoms with Gasteiger partial charge in [-0.25, -0.2) is 9.78 Å². The molecule has 1 amide bonds. The first-order chi connectivity index (χ1) is 12.5. The van der Waals surface area contributed by atoms with Crippen molar-refractivity contribution in [3.05, 3.63) is 71.6 Å². The summed E-state index contributed by atoms with van der Waals surface area (Å²) in [6.45, 7) is 1.40. The van der Waals surface area contributed by atoms with Crippen molar-refractivity contribution in [2.24, 2.45) is 0 Å². The van der Waals surface area contributed by atoms with Crippen LogP contribution in [0.5, 0.6) is 5.75 Å². The second-order valence-electron chi connectivity index (χ2n) is 5.66. The molecule has 1 heterocycles. The highest BCUT2D eigenvalue weighted by atomic mass is 16.4. The number of aromatic nitrogens is 1. The summed E-state index contributed by atoms with van der Waals surface area (Å²) >= 11 is 0. The van der Waals surface area contributed by atoms with E-state index in [-0.39, 0.29) is 23.2 Å². The third-order valence-corrected chi connectivity index (χ3v) is 3.79. The molecule has 132 valence electrons. The summed E-state index contributed by atoms with van der Waals surface area (Å²) in [4.78, 5) is 26.4. The summed E-state index contributed by atoms with van der Waals surface area (Å²) in [7, 11) is 0. The van der Waals surface area contributed by atoms with E-state index in [0.29, 0.717) is 11.1 Å². The van der Waals surface area contributed by atoms with Crippen LogP contribution in [0.3, 0.4) is 0 Å². The highest BCUT2D eigenvalue weighted by molar-refractivity contribution is 5.85. The third kappa shape index (κ3) is 3.56. The summed E-state index contributed by atoms with van der Waals surface area (Å²) in [5.41, 5.74) is 1.52. The Hall–Kier alpha value is -3.61. The lowest BCUT2D eigenvalue weighted by Crippen LogP contribution is -2.26. The first-order valence-electron chi connectivity index (χ1n) is 7.80. The zero-order valence-corrected chi connectivity index (χ0v) is 13.8. The molecule has 7 heteroatoms. The lowest BCUT2D eigenvalue weighted by molar-refractivity contribution is -0.119. The molecule has 0 spiro atoms. The number of hydrogen-bond acceptors (Lipinski definition) is 5. The number of carboxylic acids is 1. The molecule has 2 aromatic carbocycles. The number of phenols is 1. The molecule has 26 heavy (non-hydrogen) atoms. The standard InChI is InChI=1S/C19H16N2O5/c1-11(22)20-17(12-5-3-2-4-6-12)14-8-7-13(9-16(14)23)18-21-15(10-26-18)19(24)25/h2-10,17,23H,1H3,(H,20,22)(H,24,25). The van der Waals surface area contributed by atoms with Gasteiger partial charge in [0.1, 0.15) is 12.0 Å². The van der Waals surface area contributed by atoms with Crippen molar-refractivity contribution in [2.45, 2.75) is 13.0 Å². The van der Waals surface area contributed by atoms with E-state index in [1.807, 2.05) is 30.3 Å². The number of carbonyl (C=O) groups excluding carboxylic acids is 1. The molecular formula is C19H16N2O5. The molecule has 1 aromatic heterocycles. The molecule has 0 bridgehead atoms. The number of phenolic OH excluding ortho intramolecular Hbond substituents is 1. The average molecular weight is 352 g/mol. The Bertz CT molecular complexity index is 950. The van der Waals surface area contributed by atoms with Crippen LogP contribution in [0.2, 0.25) is 0 Å². The van der Waals surface area contributed by atoms with Crippen molar-refractivity contribution in [2.75, 3.05) is 0 Å². The van der Waals surface area contributed by atoms with Gasteiger partial charge in [-0.2, -0.15) is 0 Å². The highest BCUT2D eigenvalue weighted by Gasteiger charge is 2.20. The Balaban J connectivity index is 1.98. The summed E-state index contributed by atoms with van der Waals surface area (Å²) in [6, 6.07) is 13.4. The van der Waals surface area contributed by atoms with E-state index in [1.54, 1.807) is 12.1 Å². The Morgan fingerprint density at radius 1 is 1.15 bits per heavy atom. The zero-order chi connectivity index (χ0) is 18.7. The smallest absolute Gasteiger partial charge is 0.357 e. The minimum absolute atomic E-state index is 0.0693. The minimum Gasteiger partial charge on any atom is -0.508 e. The van der Waals surface area contributed by atoms with Crippen LogP contribution >= 0.6 is 0 Å². The van der Waals surface area contributed by atoms with E-state index in [0.717, 1.165) is 11.8 Å². The quantitative estimate of drug-likeness (QED) is 0.651. The maximum atomic E-state index is 11.6. The summed E-state index contributed by atoms with van der Waals surface area (Å²) in [5, 5.41) is 22.2. The fraction of sp³-hybridized carbons (Fsp3) is 0.105. The fourth-order valence-electron chi connectivity index (χ4n) is 2.61. The lowest BCUT2D eigenvalue weighted by Gasteiger charge is -2.20. The molecule has 7 nitrogen and oxygen atoms in total. The molecule has 3 aromatic rings. The molecule has 1 unspecified atom stereocenters. The highest BCUT2D eigenvalue weighted by Crippen LogP contribution is 2.33. The van der Waals surface area contributed by atoms with Crippen molar-refractivity contribution in [3.8, 4) is 17.2 Å². The topological polar surface area (TPSA) is 113 Å². The number of carboxylic acid groups (broad SMARTS) is 1. The Labute approximate surface area is 148 Å². The second-order valence-corrected chi connectivity index (χ2v) is 5.66. The number of aromatic hydroxyl groups is 1. The van der Waals surface area contributed by atoms with Gasteiger partial charge in [0.2, 0.25) is 11.8 Å². The van der Waals surface area contributed by atoms with Crippen LogP contribution in [0.4, 0.5) is 0 Å². The number of aromatic carboxylic acids is 1. The van der Waals surface area contributed by atoms with Gasteiger partial charge in [-0.15, -0.1) is 0 Å². The number of rotatable bonds is 5. The molecule has 1 atom stereocenters. The van der Waals surface area contributed by atoms with Gasteiger partial charge in [-0.1, -0.05) is 36.4 Å². The van der Waals surface area contributed by atoms with Gasteiger partial charge in [0.05, 0.1) is 6.04 Å². The van der Waals surface area contributed by atoms with E-state index in [1.165, 1.54) is 13.0 Å². The van der Waals surface area contributed by atoms with Crippen molar-refractivity contribution in [1.29, 1.82) is 0 Å². The molecule has 0 aliphatic rings. The number of benzene rings is 2. The van der Waals surface area contributed by atoms with Gasteiger partial charge >= 0.3 is 5.97 Å². The maximum Gasteiger partial charge on any atom is 0.357 e. The van der Waals surface area contributed by atoms with Gasteiger partial charge in [0.15, 0.2) is 5.69 Å². The van der Waals surface area contributed by atoms with E-state index in [2.05, 4.69) is 10.3 Å². The third-order valence-electron chi connectivity index (χ3n) is 3.79. The van der Waals surface area contributed by atoms with Crippen LogP contribution in [0, 0.1) is 0 Å². The summed E-state index contributed by atoms with van der Waals surface area (Å²) < 4.78 is 5.14. The predicted molar refractivity (Wildman–Crippen MR) is 92.7 cm³/mol. The minimum atomic E-state index is -1.20. The monoisotopic (exact) mass is 352 g/mol. The molecule has 0 saturated carbocycles. The largest absolute Gasteiger partial charge is 0.508 e. The first kappa shape index (κ1) is 17.2. The molecule has 3 N–H and O–H groups in total. The van der Waals surface area contributed by atoms with Gasteiger partial charge in [-0.3, -0.25) is 4.79 Å². The van der Waals surface area contributed by atoms with E-state index >= 15 is 0 Å². The van der Waals surface area contributed by atoms with Gasteiger partial charge in [0, 0.05) is 18.1 Å². The van der Waals surface area contributed by atoms with Gasteiger partial charge in [-0.05, 0) is 17.7 Å². The number of hydrogen-bond donors (Lipinski definition) is 3. The van der Waals surface area contributed by atoms with Crippen molar-refractivity contribution in [3.63, 3.8) is 0 Å². The van der Waals surface area contributed by atoms with Crippen molar-refractivity contribution >= 4 is 11.9 Å². The van der Waals surface area contributed by atoms with Crippen molar-refractivity contribution in [1.82, 2.24) is 10.3 Å². The van der Waals surface area contributed by atoms with E-state index in [4.69, 9.17) is 9.52 Å². The first-order valence-corrected chi connectivity index (χ1v) is 7.80. The number of nitrogens with one attached hydrogen (secondary N) is 1. The molecule has 3 rings (SSSR count). The number of oxazole rings is 1. The Morgan fingerprint density at radius 2 is 1.88 bits per heavy atom. The van der Waals surface area contributed by atoms with Crippen LogP contribution in [-0.4, -0.2) is 27.1 Å². The van der Waals surface area contributed by atoms with Crippen LogP contribution in [-0.2, 0) is 4.79 Å². The predicted octanol–water partition coefficient (Wildman–Crippen LogP) is 2.97. The molecule has 0 saturated heterocycles. The molecule has 0 fully saturated rings. The number of nitrogens with zero attached hydrogens (tertiary/aromatic N) is 1. The van der Waals surface area contributed by atoms with Gasteiger partial charge < -0.3 is 19.9 Å². The van der Waals surface area contributed by atoms with E-state index in [9.17, 15) is 14.7 Å². The summed E-state index contributed by atoms with van der Waals surface area (Å²) in [6.07, 6.45) is 1.03. The molecular weight excluding hydrogens is 336 g/mol. The van der Waals surface area contributed by atoms with E-state index < -0.39 is 12.0 Å². The Morgan fingerprint density at radius 3 is 2.46 bits per heavy atom. The van der Waals surface area contributed by atoms with Crippen LogP contribution in [0.15, 0.2) is 59.2 Å². The maximum absolute atomic E-state index is 11.6. The zero-order valence-electron chi connectivity index (χ0n) is 13.8. The molecule has 0 aliphatic heterocycles. The van der Waals surface area contributed by atoms with Crippen LogP contribution < -0.4 is 5.32 Å². The number of amides is 1. The Kier molecular flexibility index (Phi) is 4.70. The number of carbonyl (C=O) groups is 2. The normalized spacial score (nSPS) is 11.7. The van der Waals surface area contributed by atoms with Gasteiger partial charge in [0.25, 0.3) is 0 Å². The van der Waals surface area contributed by atoms with Crippen molar-refractivity contribution < 1.29 is 24.2 Å². The molecule has 0 aliphatic carbocycles. The summed E-state index contributed by atoms with van der Waals surface area (Å²) in [5.74, 6) is -1.42.